The molecule has 2 rings (SSSR count). The second kappa shape index (κ2) is 5.98. The number of amides is 1. The first-order valence-corrected chi connectivity index (χ1v) is 6.89. The largest absolute Gasteiger partial charge is 0.381 e. The molecule has 1 aromatic rings. The lowest BCUT2D eigenvalue weighted by Crippen LogP contribution is -2.56. The smallest absolute Gasteiger partial charge is 0.240 e. The monoisotopic (exact) mass is 330 g/mol. The lowest BCUT2D eigenvalue weighted by Gasteiger charge is -2.31. The Kier molecular flexibility index (Phi) is 4.54. The lowest BCUT2D eigenvalue weighted by atomic mass is 9.90. The highest BCUT2D eigenvalue weighted by Crippen LogP contribution is 2.20. The summed E-state index contributed by atoms with van der Waals surface area (Å²) in [5.41, 5.74) is 5.86. The van der Waals surface area contributed by atoms with E-state index in [9.17, 15) is 9.18 Å². The summed E-state index contributed by atoms with van der Waals surface area (Å²) in [5, 5.41) is 2.76. The number of carbonyl (C=O) groups excluding carboxylic acids is 1. The molecule has 0 radical (unpaired) electrons. The predicted octanol–water partition coefficient (Wildman–Crippen LogP) is 1.71. The van der Waals surface area contributed by atoms with Gasteiger partial charge < -0.3 is 15.8 Å². The molecule has 1 heterocycles. The molecule has 0 spiro atoms. The van der Waals surface area contributed by atoms with Gasteiger partial charge in [-0.15, -0.1) is 0 Å². The summed E-state index contributed by atoms with van der Waals surface area (Å²) in [5.74, 6) is -0.548. The van der Waals surface area contributed by atoms with Gasteiger partial charge in [0.15, 0.2) is 0 Å². The van der Waals surface area contributed by atoms with Crippen LogP contribution in [0.15, 0.2) is 22.7 Å². The van der Waals surface area contributed by atoms with Gasteiger partial charge in [0.2, 0.25) is 5.91 Å². The van der Waals surface area contributed by atoms with E-state index in [1.807, 2.05) is 0 Å². The van der Waals surface area contributed by atoms with E-state index in [1.54, 1.807) is 6.07 Å². The summed E-state index contributed by atoms with van der Waals surface area (Å²) in [7, 11) is 0. The molecule has 1 saturated heterocycles. The van der Waals surface area contributed by atoms with E-state index in [4.69, 9.17) is 10.5 Å². The van der Waals surface area contributed by atoms with Crippen LogP contribution in [-0.2, 0) is 16.1 Å². The van der Waals surface area contributed by atoms with E-state index in [1.165, 1.54) is 12.1 Å². The van der Waals surface area contributed by atoms with E-state index in [0.717, 1.165) is 4.47 Å². The third-order valence-corrected chi connectivity index (χ3v) is 4.06. The van der Waals surface area contributed by atoms with E-state index < -0.39 is 5.54 Å². The van der Waals surface area contributed by atoms with Crippen molar-refractivity contribution < 1.29 is 13.9 Å². The van der Waals surface area contributed by atoms with E-state index in [2.05, 4.69) is 21.2 Å². The highest BCUT2D eigenvalue weighted by atomic mass is 79.9. The van der Waals surface area contributed by atoms with Crippen LogP contribution in [-0.4, -0.2) is 24.7 Å². The molecule has 1 aliphatic heterocycles. The minimum atomic E-state index is -0.877. The normalized spacial score (nSPS) is 18.1. The van der Waals surface area contributed by atoms with Crippen LogP contribution in [0.1, 0.15) is 18.4 Å². The molecule has 1 aromatic carbocycles. The SMILES string of the molecule is NC1(C(=O)NCc2cc(F)ccc2Br)CCOCC1. The quantitative estimate of drug-likeness (QED) is 0.886. The van der Waals surface area contributed by atoms with E-state index >= 15 is 0 Å². The van der Waals surface area contributed by atoms with E-state index in [-0.39, 0.29) is 18.3 Å². The van der Waals surface area contributed by atoms with Crippen LogP contribution in [0.2, 0.25) is 0 Å². The Labute approximate surface area is 119 Å². The van der Waals surface area contributed by atoms with Crippen LogP contribution in [0.3, 0.4) is 0 Å². The maximum Gasteiger partial charge on any atom is 0.240 e. The average Bonchev–Trinajstić information content (AvgIpc) is 2.40. The summed E-state index contributed by atoms with van der Waals surface area (Å²) >= 11 is 3.32. The fourth-order valence-corrected chi connectivity index (χ4v) is 2.38. The molecule has 19 heavy (non-hydrogen) atoms. The highest BCUT2D eigenvalue weighted by molar-refractivity contribution is 9.10. The minimum absolute atomic E-state index is 0.216. The highest BCUT2D eigenvalue weighted by Gasteiger charge is 2.35. The molecule has 3 N–H and O–H groups in total. The first-order valence-electron chi connectivity index (χ1n) is 6.10. The molecule has 1 amide bonds. The Bertz CT molecular complexity index is 476. The molecule has 6 heteroatoms. The van der Waals surface area contributed by atoms with Crippen LogP contribution >= 0.6 is 15.9 Å². The van der Waals surface area contributed by atoms with Crippen molar-refractivity contribution in [2.45, 2.75) is 24.9 Å². The van der Waals surface area contributed by atoms with Gasteiger partial charge in [-0.25, -0.2) is 4.39 Å². The van der Waals surface area contributed by atoms with Gasteiger partial charge in [0, 0.05) is 24.2 Å². The number of hydrogen-bond acceptors (Lipinski definition) is 3. The van der Waals surface area contributed by atoms with Gasteiger partial charge in [-0.3, -0.25) is 4.79 Å². The fraction of sp³-hybridized carbons (Fsp3) is 0.462. The molecule has 1 aliphatic rings. The Morgan fingerprint density at radius 3 is 2.84 bits per heavy atom. The lowest BCUT2D eigenvalue weighted by molar-refractivity contribution is -0.129. The fourth-order valence-electron chi connectivity index (χ4n) is 1.99. The molecular weight excluding hydrogens is 315 g/mol. The van der Waals surface area contributed by atoms with Crippen LogP contribution in [0.25, 0.3) is 0 Å². The zero-order valence-corrected chi connectivity index (χ0v) is 12.0. The predicted molar refractivity (Wildman–Crippen MR) is 72.9 cm³/mol. The van der Waals surface area contributed by atoms with Crippen LogP contribution < -0.4 is 11.1 Å². The molecule has 104 valence electrons. The van der Waals surface area contributed by atoms with Gasteiger partial charge in [0.05, 0.1) is 5.54 Å². The number of benzene rings is 1. The maximum absolute atomic E-state index is 13.1. The first kappa shape index (κ1) is 14.4. The number of carbonyl (C=O) groups is 1. The van der Waals surface area contributed by atoms with Crippen molar-refractivity contribution in [1.29, 1.82) is 0 Å². The van der Waals surface area contributed by atoms with Crippen LogP contribution in [0, 0.1) is 5.82 Å². The number of nitrogens with two attached hydrogens (primary N) is 1. The molecule has 0 aromatic heterocycles. The maximum atomic E-state index is 13.1. The second-order valence-electron chi connectivity index (χ2n) is 4.69. The van der Waals surface area contributed by atoms with Crippen molar-refractivity contribution in [2.24, 2.45) is 5.73 Å². The zero-order chi connectivity index (χ0) is 13.9. The molecule has 1 fully saturated rings. The van der Waals surface area contributed by atoms with Crippen LogP contribution in [0.4, 0.5) is 4.39 Å². The van der Waals surface area contributed by atoms with Gasteiger partial charge in [-0.1, -0.05) is 15.9 Å². The van der Waals surface area contributed by atoms with Crippen molar-refractivity contribution in [2.75, 3.05) is 13.2 Å². The number of ether oxygens (including phenoxy) is 1. The molecule has 0 saturated carbocycles. The molecule has 4 nitrogen and oxygen atoms in total. The van der Waals surface area contributed by atoms with Gasteiger partial charge in [-0.2, -0.15) is 0 Å². The first-order chi connectivity index (χ1) is 9.01. The second-order valence-corrected chi connectivity index (χ2v) is 5.54. The molecule has 0 aliphatic carbocycles. The van der Waals surface area contributed by atoms with Crippen molar-refractivity contribution in [3.05, 3.63) is 34.1 Å². The van der Waals surface area contributed by atoms with Crippen molar-refractivity contribution in [3.63, 3.8) is 0 Å². The third-order valence-electron chi connectivity index (χ3n) is 3.28. The summed E-state index contributed by atoms with van der Waals surface area (Å²) in [6, 6.07) is 4.36. The average molecular weight is 331 g/mol. The summed E-state index contributed by atoms with van der Waals surface area (Å²) in [4.78, 5) is 12.1. The van der Waals surface area contributed by atoms with E-state index in [0.29, 0.717) is 31.6 Å². The van der Waals surface area contributed by atoms with Gasteiger partial charge >= 0.3 is 0 Å². The zero-order valence-electron chi connectivity index (χ0n) is 10.4. The minimum Gasteiger partial charge on any atom is -0.381 e. The van der Waals surface area contributed by atoms with Crippen molar-refractivity contribution >= 4 is 21.8 Å². The Morgan fingerprint density at radius 2 is 2.16 bits per heavy atom. The Morgan fingerprint density at radius 1 is 1.47 bits per heavy atom. The number of halogens is 2. The number of hydrogen-bond donors (Lipinski definition) is 2. The number of nitrogens with one attached hydrogen (secondary N) is 1. The standard InChI is InChI=1S/C13H16BrFN2O2/c14-11-2-1-10(15)7-9(11)8-17-12(18)13(16)3-5-19-6-4-13/h1-2,7H,3-6,8,16H2,(H,17,18). The van der Waals surface area contributed by atoms with Gasteiger partial charge in [-0.05, 0) is 36.6 Å². The van der Waals surface area contributed by atoms with Crippen LogP contribution in [0.5, 0.6) is 0 Å². The molecule has 0 unspecified atom stereocenters. The Balaban J connectivity index is 1.98. The third kappa shape index (κ3) is 3.52. The summed E-state index contributed by atoms with van der Waals surface area (Å²) in [6.45, 7) is 1.23. The van der Waals surface area contributed by atoms with Gasteiger partial charge in [0.1, 0.15) is 5.82 Å². The topological polar surface area (TPSA) is 64.4 Å². The summed E-state index contributed by atoms with van der Waals surface area (Å²) in [6.07, 6.45) is 1.01. The van der Waals surface area contributed by atoms with Gasteiger partial charge in [0.25, 0.3) is 0 Å². The van der Waals surface area contributed by atoms with Crippen molar-refractivity contribution in [1.82, 2.24) is 5.32 Å². The molecule has 0 bridgehead atoms. The summed E-state index contributed by atoms with van der Waals surface area (Å²) < 4.78 is 19.1. The Hall–Kier alpha value is -0.980. The number of rotatable bonds is 3. The molecular formula is C13H16BrFN2O2. The molecule has 0 atom stereocenters. The van der Waals surface area contributed by atoms with Crippen molar-refractivity contribution in [3.8, 4) is 0 Å².